The Kier molecular flexibility index (Phi) is 5.98. The number of hydrogen-bond acceptors (Lipinski definition) is 5. The van der Waals surface area contributed by atoms with Crippen molar-refractivity contribution in [3.8, 4) is 11.1 Å². The molecule has 4 aromatic rings. The first-order valence-electron chi connectivity index (χ1n) is 13.5. The van der Waals surface area contributed by atoms with Crippen LogP contribution in [0.2, 0.25) is 0 Å². The molecule has 2 bridgehead atoms. The van der Waals surface area contributed by atoms with Crippen molar-refractivity contribution < 1.29 is 4.79 Å². The van der Waals surface area contributed by atoms with Gasteiger partial charge in [0.05, 0.1) is 17.9 Å². The van der Waals surface area contributed by atoms with E-state index in [4.69, 9.17) is 0 Å². The van der Waals surface area contributed by atoms with Gasteiger partial charge in [-0.25, -0.2) is 4.98 Å². The van der Waals surface area contributed by atoms with Gasteiger partial charge in [0, 0.05) is 58.5 Å². The summed E-state index contributed by atoms with van der Waals surface area (Å²) in [6.07, 6.45) is 8.61. The highest BCUT2D eigenvalue weighted by Crippen LogP contribution is 2.52. The Hall–Kier alpha value is -3.55. The summed E-state index contributed by atoms with van der Waals surface area (Å²) in [5, 5.41) is 3.00. The number of aromatic nitrogens is 2. The quantitative estimate of drug-likeness (QED) is 0.301. The molecule has 7 rings (SSSR count). The lowest BCUT2D eigenvalue weighted by atomic mass is 9.94. The number of rotatable bonds is 5. The van der Waals surface area contributed by atoms with Crippen molar-refractivity contribution in [2.24, 2.45) is 0 Å². The van der Waals surface area contributed by atoms with E-state index in [1.165, 1.54) is 34.0 Å². The van der Waals surface area contributed by atoms with Crippen molar-refractivity contribution in [1.29, 1.82) is 0 Å². The zero-order chi connectivity index (χ0) is 25.6. The van der Waals surface area contributed by atoms with Crippen molar-refractivity contribution in [1.82, 2.24) is 14.9 Å². The average molecular weight is 522 g/mol. The van der Waals surface area contributed by atoms with E-state index in [2.05, 4.69) is 73.6 Å². The largest absolute Gasteiger partial charge is 0.348 e. The van der Waals surface area contributed by atoms with Crippen LogP contribution in [0.1, 0.15) is 38.4 Å². The predicted octanol–water partition coefficient (Wildman–Crippen LogP) is 6.83. The number of imidazole rings is 1. The highest BCUT2D eigenvalue weighted by Gasteiger charge is 2.44. The Bertz CT molecular complexity index is 1470. The van der Waals surface area contributed by atoms with Crippen LogP contribution in [0.4, 0.5) is 17.1 Å². The molecule has 3 aromatic carbocycles. The van der Waals surface area contributed by atoms with Crippen molar-refractivity contribution >= 4 is 34.7 Å². The Morgan fingerprint density at radius 1 is 0.974 bits per heavy atom. The van der Waals surface area contributed by atoms with E-state index < -0.39 is 0 Å². The molecule has 2 saturated heterocycles. The van der Waals surface area contributed by atoms with E-state index in [0.717, 1.165) is 42.0 Å². The average Bonchev–Trinajstić information content (AvgIpc) is 3.51. The number of nitrogens with zero attached hydrogens (tertiary/aromatic N) is 3. The minimum absolute atomic E-state index is 0.0575. The molecule has 1 amide bonds. The van der Waals surface area contributed by atoms with Crippen LogP contribution in [0.15, 0.2) is 88.9 Å². The second kappa shape index (κ2) is 9.64. The third-order valence-electron chi connectivity index (χ3n) is 8.22. The lowest BCUT2D eigenvalue weighted by molar-refractivity contribution is -0.114. The first kappa shape index (κ1) is 23.6. The van der Waals surface area contributed by atoms with Gasteiger partial charge in [-0.1, -0.05) is 48.2 Å². The van der Waals surface area contributed by atoms with Crippen molar-refractivity contribution in [3.63, 3.8) is 0 Å². The smallest absolute Gasteiger partial charge is 0.221 e. The van der Waals surface area contributed by atoms with Crippen LogP contribution < -0.4 is 10.2 Å². The molecule has 0 saturated carbocycles. The first-order valence-corrected chi connectivity index (χ1v) is 14.3. The van der Waals surface area contributed by atoms with Gasteiger partial charge in [0.2, 0.25) is 5.91 Å². The molecule has 2 atom stereocenters. The lowest BCUT2D eigenvalue weighted by Gasteiger charge is -2.46. The summed E-state index contributed by atoms with van der Waals surface area (Å²) in [5.41, 5.74) is 5.62. The number of anilines is 3. The molecule has 1 aromatic heterocycles. The van der Waals surface area contributed by atoms with Crippen molar-refractivity contribution in [3.05, 3.63) is 84.9 Å². The fraction of sp³-hybridized carbons (Fsp3) is 0.290. The maximum Gasteiger partial charge on any atom is 0.221 e. The molecular formula is C31H31N5OS. The molecule has 2 N–H and O–H groups in total. The molecule has 0 radical (unpaired) electrons. The molecule has 6 nitrogen and oxygen atoms in total. The number of nitrogens with one attached hydrogen (secondary N) is 2. The fourth-order valence-corrected chi connectivity index (χ4v) is 7.76. The van der Waals surface area contributed by atoms with Gasteiger partial charge in [0.15, 0.2) is 0 Å². The number of carbonyl (C=O) groups is 1. The number of piperidine rings is 1. The summed E-state index contributed by atoms with van der Waals surface area (Å²) in [4.78, 5) is 27.5. The van der Waals surface area contributed by atoms with Gasteiger partial charge in [-0.3, -0.25) is 9.69 Å². The molecule has 7 heteroatoms. The van der Waals surface area contributed by atoms with Crippen LogP contribution in [-0.4, -0.2) is 38.9 Å². The third-order valence-corrected chi connectivity index (χ3v) is 9.34. The monoisotopic (exact) mass is 521 g/mol. The van der Waals surface area contributed by atoms with Crippen LogP contribution in [-0.2, 0) is 11.3 Å². The van der Waals surface area contributed by atoms with Crippen molar-refractivity contribution in [2.75, 3.05) is 10.2 Å². The van der Waals surface area contributed by atoms with E-state index in [9.17, 15) is 4.79 Å². The predicted molar refractivity (Wildman–Crippen MR) is 153 cm³/mol. The second-order valence-electron chi connectivity index (χ2n) is 10.6. The normalized spacial score (nSPS) is 22.1. The van der Waals surface area contributed by atoms with Crippen molar-refractivity contribution in [2.45, 2.75) is 67.1 Å². The van der Waals surface area contributed by atoms with Gasteiger partial charge in [-0.15, -0.1) is 0 Å². The van der Waals surface area contributed by atoms with E-state index >= 15 is 0 Å². The Morgan fingerprint density at radius 3 is 2.53 bits per heavy atom. The van der Waals surface area contributed by atoms with Gasteiger partial charge in [0.1, 0.15) is 5.82 Å². The van der Waals surface area contributed by atoms with Crippen LogP contribution in [0.25, 0.3) is 11.1 Å². The van der Waals surface area contributed by atoms with E-state index in [1.54, 1.807) is 6.92 Å². The molecule has 0 spiro atoms. The highest BCUT2D eigenvalue weighted by atomic mass is 32.2. The molecular weight excluding hydrogens is 490 g/mol. The summed E-state index contributed by atoms with van der Waals surface area (Å²) in [6, 6.07) is 25.3. The molecule has 2 unspecified atom stereocenters. The molecule has 3 aliphatic rings. The molecule has 3 aliphatic heterocycles. The Morgan fingerprint density at radius 2 is 1.74 bits per heavy atom. The van der Waals surface area contributed by atoms with Crippen LogP contribution in [0, 0.1) is 0 Å². The summed E-state index contributed by atoms with van der Waals surface area (Å²) < 4.78 is 0. The third kappa shape index (κ3) is 4.20. The standard InChI is InChI=1S/C31H31N5OS/c1-20(37)34-26-7-3-2-6-25(26)21-10-13-28-30(16-21)38-29-9-5-4-8-27(29)36(28)24-17-22-11-12-23(18-24)35(22)19-31-32-14-15-33-31/h2-10,13-16,22-24H,11-12,17-19H2,1H3,(H,32,33)(H,34,37). The minimum atomic E-state index is -0.0575. The van der Waals surface area contributed by atoms with Gasteiger partial charge in [-0.2, -0.15) is 0 Å². The van der Waals surface area contributed by atoms with E-state index in [-0.39, 0.29) is 5.91 Å². The molecule has 0 aliphatic carbocycles. The van der Waals surface area contributed by atoms with Gasteiger partial charge >= 0.3 is 0 Å². The van der Waals surface area contributed by atoms with Gasteiger partial charge in [0.25, 0.3) is 0 Å². The molecule has 38 heavy (non-hydrogen) atoms. The number of para-hydroxylation sites is 2. The van der Waals surface area contributed by atoms with E-state index in [0.29, 0.717) is 18.1 Å². The van der Waals surface area contributed by atoms with Gasteiger partial charge < -0.3 is 15.2 Å². The number of amides is 1. The highest BCUT2D eigenvalue weighted by molar-refractivity contribution is 7.99. The number of H-pyrrole nitrogens is 1. The van der Waals surface area contributed by atoms with Crippen LogP contribution in [0.5, 0.6) is 0 Å². The number of hydrogen-bond donors (Lipinski definition) is 2. The number of fused-ring (bicyclic) bond motifs is 4. The van der Waals surface area contributed by atoms with Gasteiger partial charge in [-0.05, 0) is 61.6 Å². The number of benzene rings is 3. The Labute approximate surface area is 227 Å². The first-order chi connectivity index (χ1) is 18.6. The second-order valence-corrected chi connectivity index (χ2v) is 11.7. The molecule has 192 valence electrons. The lowest BCUT2D eigenvalue weighted by Crippen LogP contribution is -2.49. The SMILES string of the molecule is CC(=O)Nc1ccccc1-c1ccc2c(c1)Sc1ccccc1N2C1CC2CCC(C1)N2Cc1ncc[nH]1. The minimum Gasteiger partial charge on any atom is -0.348 e. The maximum absolute atomic E-state index is 11.8. The summed E-state index contributed by atoms with van der Waals surface area (Å²) in [5.74, 6) is 1.01. The van der Waals surface area contributed by atoms with E-state index in [1.807, 2.05) is 42.4 Å². The molecule has 4 heterocycles. The zero-order valence-electron chi connectivity index (χ0n) is 21.4. The summed E-state index contributed by atoms with van der Waals surface area (Å²) >= 11 is 1.85. The summed E-state index contributed by atoms with van der Waals surface area (Å²) in [6.45, 7) is 2.47. The fourth-order valence-electron chi connectivity index (χ4n) is 6.65. The summed E-state index contributed by atoms with van der Waals surface area (Å²) in [7, 11) is 0. The Balaban J connectivity index is 1.23. The number of carbonyl (C=O) groups excluding carboxylic acids is 1. The number of aromatic amines is 1. The zero-order valence-corrected chi connectivity index (χ0v) is 22.2. The van der Waals surface area contributed by atoms with Crippen LogP contribution in [0.3, 0.4) is 0 Å². The topological polar surface area (TPSA) is 64.3 Å². The maximum atomic E-state index is 11.8. The molecule has 2 fully saturated rings. The van der Waals surface area contributed by atoms with Crippen LogP contribution >= 0.6 is 11.8 Å².